The van der Waals surface area contributed by atoms with Crippen LogP contribution in [0.15, 0.2) is 18.2 Å². The molecule has 0 bridgehead atoms. The van der Waals surface area contributed by atoms with Crippen molar-refractivity contribution >= 4 is 23.2 Å². The molecule has 0 radical (unpaired) electrons. The molecule has 1 N–H and O–H groups in total. The Morgan fingerprint density at radius 3 is 2.25 bits per heavy atom. The monoisotopic (exact) mass is 313 g/mol. The van der Waals surface area contributed by atoms with Crippen LogP contribution in [0, 0.1) is 5.41 Å². The Morgan fingerprint density at radius 2 is 1.70 bits per heavy atom. The van der Waals surface area contributed by atoms with Gasteiger partial charge in [-0.15, -0.1) is 0 Å². The van der Waals surface area contributed by atoms with Crippen molar-refractivity contribution in [1.82, 2.24) is 5.32 Å². The van der Waals surface area contributed by atoms with Crippen molar-refractivity contribution in [3.05, 3.63) is 33.8 Å². The summed E-state index contributed by atoms with van der Waals surface area (Å²) < 4.78 is 0. The van der Waals surface area contributed by atoms with Crippen LogP contribution in [0.1, 0.15) is 51.5 Å². The van der Waals surface area contributed by atoms with Gasteiger partial charge in [0.25, 0.3) is 0 Å². The van der Waals surface area contributed by atoms with E-state index in [0.717, 1.165) is 28.6 Å². The fourth-order valence-electron chi connectivity index (χ4n) is 3.21. The van der Waals surface area contributed by atoms with Crippen LogP contribution in [-0.4, -0.2) is 12.6 Å². The van der Waals surface area contributed by atoms with E-state index in [4.69, 9.17) is 23.2 Å². The molecule has 1 nitrogen and oxygen atoms in total. The van der Waals surface area contributed by atoms with Crippen molar-refractivity contribution in [1.29, 1.82) is 0 Å². The third-order valence-corrected chi connectivity index (χ3v) is 5.12. The van der Waals surface area contributed by atoms with E-state index in [1.54, 1.807) is 0 Å². The average Bonchev–Trinajstić information content (AvgIpc) is 2.42. The van der Waals surface area contributed by atoms with E-state index >= 15 is 0 Å². The molecule has 2 rings (SSSR count). The minimum atomic E-state index is 0.317. The lowest BCUT2D eigenvalue weighted by atomic mass is 9.70. The molecule has 0 saturated heterocycles. The van der Waals surface area contributed by atoms with E-state index in [-0.39, 0.29) is 0 Å². The highest BCUT2D eigenvalue weighted by atomic mass is 35.5. The lowest BCUT2D eigenvalue weighted by Gasteiger charge is -2.39. The maximum atomic E-state index is 6.37. The van der Waals surface area contributed by atoms with Gasteiger partial charge in [-0.25, -0.2) is 0 Å². The molecule has 1 aromatic rings. The summed E-state index contributed by atoms with van der Waals surface area (Å²) in [5.74, 6) is 0. The standard InChI is InChI=1S/C17H25Cl2N/c1-13(2)20-12-17(9-4-3-5-10-17)11-14-15(18)7-6-8-16(14)19/h6-8,13,20H,3-5,9-12H2,1-2H3. The van der Waals surface area contributed by atoms with Gasteiger partial charge in [-0.1, -0.05) is 62.4 Å². The van der Waals surface area contributed by atoms with E-state index in [1.165, 1.54) is 32.1 Å². The zero-order valence-electron chi connectivity index (χ0n) is 12.5. The second kappa shape index (κ2) is 7.15. The summed E-state index contributed by atoms with van der Waals surface area (Å²) in [5, 5.41) is 5.25. The number of nitrogens with one attached hydrogen (secondary N) is 1. The minimum Gasteiger partial charge on any atom is -0.314 e. The lowest BCUT2D eigenvalue weighted by molar-refractivity contribution is 0.176. The SMILES string of the molecule is CC(C)NCC1(Cc2c(Cl)cccc2Cl)CCCCC1. The molecule has 0 amide bonds. The molecule has 1 aliphatic rings. The molecule has 0 spiro atoms. The number of halogens is 2. The molecule has 0 aromatic heterocycles. The van der Waals surface area contributed by atoms with Crippen molar-refractivity contribution < 1.29 is 0 Å². The topological polar surface area (TPSA) is 12.0 Å². The smallest absolute Gasteiger partial charge is 0.0453 e. The first-order valence-electron chi connectivity index (χ1n) is 7.69. The van der Waals surface area contributed by atoms with Gasteiger partial charge in [0, 0.05) is 22.6 Å². The minimum absolute atomic E-state index is 0.317. The van der Waals surface area contributed by atoms with Gasteiger partial charge in [-0.05, 0) is 42.4 Å². The highest BCUT2D eigenvalue weighted by Gasteiger charge is 2.33. The van der Waals surface area contributed by atoms with Crippen LogP contribution in [0.25, 0.3) is 0 Å². The molecule has 0 aliphatic heterocycles. The number of rotatable bonds is 5. The van der Waals surface area contributed by atoms with Crippen molar-refractivity contribution in [3.63, 3.8) is 0 Å². The van der Waals surface area contributed by atoms with Crippen LogP contribution in [0.3, 0.4) is 0 Å². The van der Waals surface area contributed by atoms with Gasteiger partial charge >= 0.3 is 0 Å². The summed E-state index contributed by atoms with van der Waals surface area (Å²) in [6.45, 7) is 5.48. The first-order valence-corrected chi connectivity index (χ1v) is 8.44. The Kier molecular flexibility index (Phi) is 5.77. The van der Waals surface area contributed by atoms with Crippen LogP contribution in [-0.2, 0) is 6.42 Å². The summed E-state index contributed by atoms with van der Waals surface area (Å²) in [6, 6.07) is 6.36. The molecule has 1 aromatic carbocycles. The van der Waals surface area contributed by atoms with Gasteiger partial charge < -0.3 is 5.32 Å². The third-order valence-electron chi connectivity index (χ3n) is 4.41. The van der Waals surface area contributed by atoms with E-state index in [9.17, 15) is 0 Å². The molecule has 112 valence electrons. The second-order valence-electron chi connectivity index (χ2n) is 6.47. The second-order valence-corrected chi connectivity index (χ2v) is 7.29. The summed E-state index contributed by atoms with van der Waals surface area (Å²) >= 11 is 12.7. The van der Waals surface area contributed by atoms with Gasteiger partial charge in [-0.2, -0.15) is 0 Å². The van der Waals surface area contributed by atoms with Crippen molar-refractivity contribution in [3.8, 4) is 0 Å². The maximum absolute atomic E-state index is 6.37. The lowest BCUT2D eigenvalue weighted by Crippen LogP contribution is -2.40. The largest absolute Gasteiger partial charge is 0.314 e. The number of hydrogen-bond donors (Lipinski definition) is 1. The molecule has 3 heteroatoms. The highest BCUT2D eigenvalue weighted by molar-refractivity contribution is 6.36. The van der Waals surface area contributed by atoms with Crippen molar-refractivity contribution in [2.45, 2.75) is 58.4 Å². The average molecular weight is 314 g/mol. The van der Waals surface area contributed by atoms with Gasteiger partial charge in [0.1, 0.15) is 0 Å². The van der Waals surface area contributed by atoms with Crippen molar-refractivity contribution in [2.75, 3.05) is 6.54 Å². The molecular formula is C17H25Cl2N. The van der Waals surface area contributed by atoms with Crippen LogP contribution in [0.5, 0.6) is 0 Å². The Balaban J connectivity index is 2.18. The first kappa shape index (κ1) is 16.1. The van der Waals surface area contributed by atoms with Crippen LogP contribution < -0.4 is 5.32 Å². The Morgan fingerprint density at radius 1 is 1.10 bits per heavy atom. The number of benzene rings is 1. The first-order chi connectivity index (χ1) is 9.52. The maximum Gasteiger partial charge on any atom is 0.0453 e. The normalized spacial score (nSPS) is 18.4. The molecule has 1 aliphatic carbocycles. The zero-order chi connectivity index (χ0) is 14.6. The van der Waals surface area contributed by atoms with Gasteiger partial charge in [0.05, 0.1) is 0 Å². The Hall–Kier alpha value is -0.240. The molecule has 0 atom stereocenters. The Labute approximate surface area is 133 Å². The van der Waals surface area contributed by atoms with E-state index in [0.29, 0.717) is 11.5 Å². The van der Waals surface area contributed by atoms with Crippen LogP contribution >= 0.6 is 23.2 Å². The molecule has 1 saturated carbocycles. The third kappa shape index (κ3) is 4.13. The molecule has 0 unspecified atom stereocenters. The molecule has 1 fully saturated rings. The fraction of sp³-hybridized carbons (Fsp3) is 0.647. The molecule has 20 heavy (non-hydrogen) atoms. The predicted molar refractivity (Wildman–Crippen MR) is 88.8 cm³/mol. The van der Waals surface area contributed by atoms with Gasteiger partial charge in [-0.3, -0.25) is 0 Å². The fourth-order valence-corrected chi connectivity index (χ4v) is 3.75. The molecular weight excluding hydrogens is 289 g/mol. The summed E-state index contributed by atoms with van der Waals surface area (Å²) in [6.07, 6.45) is 7.54. The number of hydrogen-bond acceptors (Lipinski definition) is 1. The summed E-state index contributed by atoms with van der Waals surface area (Å²) in [4.78, 5) is 0. The van der Waals surface area contributed by atoms with Crippen LogP contribution in [0.4, 0.5) is 0 Å². The summed E-state index contributed by atoms with van der Waals surface area (Å²) in [5.41, 5.74) is 1.44. The summed E-state index contributed by atoms with van der Waals surface area (Å²) in [7, 11) is 0. The van der Waals surface area contributed by atoms with E-state index in [2.05, 4.69) is 19.2 Å². The molecule has 0 heterocycles. The van der Waals surface area contributed by atoms with Gasteiger partial charge in [0.15, 0.2) is 0 Å². The van der Waals surface area contributed by atoms with E-state index < -0.39 is 0 Å². The Bertz CT molecular complexity index is 416. The quantitative estimate of drug-likeness (QED) is 0.758. The van der Waals surface area contributed by atoms with Gasteiger partial charge in [0.2, 0.25) is 0 Å². The predicted octanol–water partition coefficient (Wildman–Crippen LogP) is 5.48. The van der Waals surface area contributed by atoms with E-state index in [1.807, 2.05) is 18.2 Å². The van der Waals surface area contributed by atoms with Crippen molar-refractivity contribution in [2.24, 2.45) is 5.41 Å². The van der Waals surface area contributed by atoms with Crippen LogP contribution in [0.2, 0.25) is 10.0 Å². The zero-order valence-corrected chi connectivity index (χ0v) is 14.0. The highest BCUT2D eigenvalue weighted by Crippen LogP contribution is 2.41.